The average molecular weight is 249 g/mol. The number of hydrogen-bond donors (Lipinski definition) is 0. The Labute approximate surface area is 107 Å². The highest BCUT2D eigenvalue weighted by atomic mass is 16.5. The van der Waals surface area contributed by atoms with E-state index < -0.39 is 0 Å². The molecule has 1 atom stereocenters. The van der Waals surface area contributed by atoms with Crippen molar-refractivity contribution in [2.75, 3.05) is 26.8 Å². The molecule has 0 aliphatic carbocycles. The van der Waals surface area contributed by atoms with Crippen LogP contribution in [-0.2, 0) is 16.1 Å². The van der Waals surface area contributed by atoms with Crippen LogP contribution < -0.4 is 4.74 Å². The summed E-state index contributed by atoms with van der Waals surface area (Å²) in [6.07, 6.45) is 0. The summed E-state index contributed by atoms with van der Waals surface area (Å²) in [6.45, 7) is 4.90. The molecule has 1 heterocycles. The van der Waals surface area contributed by atoms with Crippen molar-refractivity contribution in [3.05, 3.63) is 29.8 Å². The minimum atomic E-state index is -0.159. The lowest BCUT2D eigenvalue weighted by molar-refractivity contribution is -0.145. The molecule has 4 heteroatoms. The smallest absolute Gasteiger partial charge is 0.309 e. The van der Waals surface area contributed by atoms with Gasteiger partial charge in [-0.2, -0.15) is 0 Å². The lowest BCUT2D eigenvalue weighted by Gasteiger charge is -2.22. The maximum Gasteiger partial charge on any atom is 0.309 e. The summed E-state index contributed by atoms with van der Waals surface area (Å²) in [5.74, 6) is 0.680. The maximum absolute atomic E-state index is 11.4. The van der Waals surface area contributed by atoms with Crippen LogP contribution >= 0.6 is 0 Å². The fraction of sp³-hybridized carbons (Fsp3) is 0.500. The summed E-state index contributed by atoms with van der Waals surface area (Å²) in [5.41, 5.74) is 1.17. The number of para-hydroxylation sites is 1. The van der Waals surface area contributed by atoms with E-state index in [4.69, 9.17) is 9.47 Å². The second-order valence-electron chi connectivity index (χ2n) is 4.62. The number of benzene rings is 1. The van der Waals surface area contributed by atoms with Crippen LogP contribution in [0.5, 0.6) is 5.75 Å². The average Bonchev–Trinajstić information content (AvgIpc) is 2.59. The lowest BCUT2D eigenvalue weighted by atomic mass is 10.1. The number of carbonyl (C=O) groups excluding carboxylic acids is 1. The van der Waals surface area contributed by atoms with Gasteiger partial charge in [0, 0.05) is 25.2 Å². The topological polar surface area (TPSA) is 38.8 Å². The van der Waals surface area contributed by atoms with Crippen LogP contribution in [0.2, 0.25) is 0 Å². The fourth-order valence-corrected chi connectivity index (χ4v) is 2.20. The van der Waals surface area contributed by atoms with Gasteiger partial charge in [-0.05, 0) is 6.07 Å². The third-order valence-electron chi connectivity index (χ3n) is 3.17. The Kier molecular flexibility index (Phi) is 4.20. The van der Waals surface area contributed by atoms with E-state index in [2.05, 4.69) is 11.0 Å². The van der Waals surface area contributed by atoms with E-state index in [1.807, 2.05) is 25.1 Å². The SMILES string of the molecule is COC(=O)C(C)CN1CCOc2ccccc2C1. The molecule has 0 saturated heterocycles. The number of methoxy groups -OCH3 is 1. The highest BCUT2D eigenvalue weighted by Gasteiger charge is 2.20. The minimum Gasteiger partial charge on any atom is -0.492 e. The third-order valence-corrected chi connectivity index (χ3v) is 3.17. The molecule has 1 unspecified atom stereocenters. The molecular formula is C14H19NO3. The van der Waals surface area contributed by atoms with Crippen LogP contribution in [-0.4, -0.2) is 37.7 Å². The lowest BCUT2D eigenvalue weighted by Crippen LogP contribution is -2.33. The van der Waals surface area contributed by atoms with Gasteiger partial charge in [0.25, 0.3) is 0 Å². The zero-order chi connectivity index (χ0) is 13.0. The minimum absolute atomic E-state index is 0.111. The van der Waals surface area contributed by atoms with Crippen molar-refractivity contribution in [3.8, 4) is 5.75 Å². The van der Waals surface area contributed by atoms with Crippen LogP contribution in [0.25, 0.3) is 0 Å². The van der Waals surface area contributed by atoms with Crippen LogP contribution in [0, 0.1) is 5.92 Å². The van der Waals surface area contributed by atoms with E-state index >= 15 is 0 Å². The van der Waals surface area contributed by atoms with E-state index in [1.165, 1.54) is 12.7 Å². The summed E-state index contributed by atoms with van der Waals surface area (Å²) in [6, 6.07) is 8.04. The number of carbonyl (C=O) groups is 1. The first-order chi connectivity index (χ1) is 8.70. The molecule has 18 heavy (non-hydrogen) atoms. The van der Waals surface area contributed by atoms with Gasteiger partial charge in [0.15, 0.2) is 0 Å². The standard InChI is InChI=1S/C14H19NO3/c1-11(14(16)17-2)9-15-7-8-18-13-6-4-3-5-12(13)10-15/h3-6,11H,7-10H2,1-2H3. The Bertz CT molecular complexity index is 419. The highest BCUT2D eigenvalue weighted by Crippen LogP contribution is 2.22. The molecule has 4 nitrogen and oxygen atoms in total. The van der Waals surface area contributed by atoms with Gasteiger partial charge in [0.1, 0.15) is 12.4 Å². The van der Waals surface area contributed by atoms with E-state index in [-0.39, 0.29) is 11.9 Å². The van der Waals surface area contributed by atoms with Crippen LogP contribution in [0.15, 0.2) is 24.3 Å². The number of esters is 1. The first-order valence-corrected chi connectivity index (χ1v) is 6.21. The summed E-state index contributed by atoms with van der Waals surface area (Å²) >= 11 is 0. The number of rotatable bonds is 3. The van der Waals surface area contributed by atoms with Crippen molar-refractivity contribution in [2.45, 2.75) is 13.5 Å². The predicted molar refractivity (Wildman–Crippen MR) is 68.4 cm³/mol. The molecule has 2 rings (SSSR count). The molecule has 0 saturated carbocycles. The van der Waals surface area contributed by atoms with E-state index in [0.717, 1.165) is 18.8 Å². The normalized spacial score (nSPS) is 17.2. The summed E-state index contributed by atoms with van der Waals surface area (Å²) < 4.78 is 10.4. The number of hydrogen-bond acceptors (Lipinski definition) is 4. The van der Waals surface area contributed by atoms with Crippen molar-refractivity contribution in [2.24, 2.45) is 5.92 Å². The molecule has 98 valence electrons. The molecular weight excluding hydrogens is 230 g/mol. The van der Waals surface area contributed by atoms with Crippen LogP contribution in [0.3, 0.4) is 0 Å². The molecule has 1 aliphatic rings. The number of ether oxygens (including phenoxy) is 2. The molecule has 1 aromatic carbocycles. The Hall–Kier alpha value is -1.55. The molecule has 0 bridgehead atoms. The molecule has 0 fully saturated rings. The van der Waals surface area contributed by atoms with Gasteiger partial charge in [-0.15, -0.1) is 0 Å². The Morgan fingerprint density at radius 2 is 2.28 bits per heavy atom. The monoisotopic (exact) mass is 249 g/mol. The quantitative estimate of drug-likeness (QED) is 0.764. The Morgan fingerprint density at radius 3 is 3.06 bits per heavy atom. The Morgan fingerprint density at radius 1 is 1.50 bits per heavy atom. The molecule has 0 spiro atoms. The first-order valence-electron chi connectivity index (χ1n) is 6.21. The van der Waals surface area contributed by atoms with Crippen LogP contribution in [0.4, 0.5) is 0 Å². The van der Waals surface area contributed by atoms with Gasteiger partial charge >= 0.3 is 5.97 Å². The highest BCUT2D eigenvalue weighted by molar-refractivity contribution is 5.72. The zero-order valence-electron chi connectivity index (χ0n) is 10.9. The van der Waals surface area contributed by atoms with Gasteiger partial charge in [0.05, 0.1) is 13.0 Å². The second kappa shape index (κ2) is 5.87. The number of nitrogens with zero attached hydrogens (tertiary/aromatic N) is 1. The van der Waals surface area contributed by atoms with Crippen molar-refractivity contribution in [1.82, 2.24) is 4.90 Å². The van der Waals surface area contributed by atoms with Gasteiger partial charge in [-0.1, -0.05) is 25.1 Å². The third kappa shape index (κ3) is 3.01. The Balaban J connectivity index is 2.02. The van der Waals surface area contributed by atoms with Crippen molar-refractivity contribution in [1.29, 1.82) is 0 Å². The van der Waals surface area contributed by atoms with Crippen LogP contribution in [0.1, 0.15) is 12.5 Å². The fourth-order valence-electron chi connectivity index (χ4n) is 2.20. The van der Waals surface area contributed by atoms with E-state index in [0.29, 0.717) is 13.2 Å². The maximum atomic E-state index is 11.4. The molecule has 1 aromatic rings. The van der Waals surface area contributed by atoms with Crippen molar-refractivity contribution in [3.63, 3.8) is 0 Å². The van der Waals surface area contributed by atoms with Gasteiger partial charge in [-0.25, -0.2) is 0 Å². The van der Waals surface area contributed by atoms with Gasteiger partial charge < -0.3 is 9.47 Å². The molecule has 0 radical (unpaired) electrons. The summed E-state index contributed by atoms with van der Waals surface area (Å²) in [5, 5.41) is 0. The predicted octanol–water partition coefficient (Wildman–Crippen LogP) is 1.69. The van der Waals surface area contributed by atoms with Gasteiger partial charge in [-0.3, -0.25) is 9.69 Å². The van der Waals surface area contributed by atoms with Crippen molar-refractivity contribution < 1.29 is 14.3 Å². The number of fused-ring (bicyclic) bond motifs is 1. The molecule has 0 N–H and O–H groups in total. The molecule has 1 aliphatic heterocycles. The van der Waals surface area contributed by atoms with Gasteiger partial charge in [0.2, 0.25) is 0 Å². The van der Waals surface area contributed by atoms with E-state index in [1.54, 1.807) is 0 Å². The summed E-state index contributed by atoms with van der Waals surface area (Å²) in [7, 11) is 1.43. The van der Waals surface area contributed by atoms with Crippen molar-refractivity contribution >= 4 is 5.97 Å². The first kappa shape index (κ1) is 12.9. The summed E-state index contributed by atoms with van der Waals surface area (Å²) in [4.78, 5) is 13.7. The largest absolute Gasteiger partial charge is 0.492 e. The molecule has 0 amide bonds. The second-order valence-corrected chi connectivity index (χ2v) is 4.62. The van der Waals surface area contributed by atoms with E-state index in [9.17, 15) is 4.79 Å². The molecule has 0 aromatic heterocycles. The zero-order valence-corrected chi connectivity index (χ0v) is 10.9.